The molecular weight excluding hydrogens is 164 g/mol. The fourth-order valence-electron chi connectivity index (χ4n) is 2.32. The molecular formula is C10H20N2O. The molecule has 3 nitrogen and oxygen atoms in total. The highest BCUT2D eigenvalue weighted by molar-refractivity contribution is 4.81. The van der Waals surface area contributed by atoms with Crippen molar-refractivity contribution in [2.75, 3.05) is 39.4 Å². The van der Waals surface area contributed by atoms with E-state index in [1.807, 2.05) is 0 Å². The zero-order valence-electron chi connectivity index (χ0n) is 8.46. The third-order valence-electron chi connectivity index (χ3n) is 3.06. The Kier molecular flexibility index (Phi) is 3.19. The van der Waals surface area contributed by atoms with Gasteiger partial charge in [0.05, 0.1) is 13.2 Å². The number of ether oxygens (including phenoxy) is 1. The molecule has 1 N–H and O–H groups in total. The molecule has 0 aromatic carbocycles. The number of morpholine rings is 1. The Labute approximate surface area is 80.4 Å². The van der Waals surface area contributed by atoms with Gasteiger partial charge in [-0.3, -0.25) is 4.90 Å². The van der Waals surface area contributed by atoms with Crippen LogP contribution in [0.2, 0.25) is 0 Å². The standard InChI is InChI=1S/C10H20N2O/c1-9-6-10(7-11-9)8-12-2-4-13-5-3-12/h9-11H,2-8H2,1H3. The molecule has 0 aliphatic carbocycles. The van der Waals surface area contributed by atoms with E-state index in [0.29, 0.717) is 0 Å². The molecule has 0 spiro atoms. The van der Waals surface area contributed by atoms with Crippen molar-refractivity contribution in [1.29, 1.82) is 0 Å². The van der Waals surface area contributed by atoms with E-state index in [4.69, 9.17) is 4.74 Å². The van der Waals surface area contributed by atoms with Crippen LogP contribution in [-0.4, -0.2) is 50.3 Å². The predicted octanol–water partition coefficient (Wildman–Crippen LogP) is 0.317. The van der Waals surface area contributed by atoms with E-state index in [1.165, 1.54) is 19.5 Å². The van der Waals surface area contributed by atoms with Gasteiger partial charge >= 0.3 is 0 Å². The van der Waals surface area contributed by atoms with Gasteiger partial charge in [0.2, 0.25) is 0 Å². The SMILES string of the molecule is CC1CC(CN2CCOCC2)CN1. The zero-order valence-corrected chi connectivity index (χ0v) is 8.46. The van der Waals surface area contributed by atoms with Gasteiger partial charge in [-0.2, -0.15) is 0 Å². The summed E-state index contributed by atoms with van der Waals surface area (Å²) < 4.78 is 5.33. The molecule has 3 heteroatoms. The Bertz CT molecular complexity index is 154. The molecule has 0 radical (unpaired) electrons. The largest absolute Gasteiger partial charge is 0.379 e. The van der Waals surface area contributed by atoms with Gasteiger partial charge in [0.15, 0.2) is 0 Å². The van der Waals surface area contributed by atoms with Crippen LogP contribution >= 0.6 is 0 Å². The number of nitrogens with zero attached hydrogens (tertiary/aromatic N) is 1. The highest BCUT2D eigenvalue weighted by Gasteiger charge is 2.23. The van der Waals surface area contributed by atoms with Crippen LogP contribution in [0.5, 0.6) is 0 Å². The van der Waals surface area contributed by atoms with E-state index >= 15 is 0 Å². The van der Waals surface area contributed by atoms with Crippen molar-refractivity contribution < 1.29 is 4.74 Å². The molecule has 2 rings (SSSR count). The Hall–Kier alpha value is -0.120. The summed E-state index contributed by atoms with van der Waals surface area (Å²) in [6, 6.07) is 0.728. The van der Waals surface area contributed by atoms with Gasteiger partial charge in [0.1, 0.15) is 0 Å². The second kappa shape index (κ2) is 4.40. The minimum atomic E-state index is 0.728. The molecule has 2 aliphatic heterocycles. The molecule has 2 unspecified atom stereocenters. The van der Waals surface area contributed by atoms with Crippen molar-refractivity contribution >= 4 is 0 Å². The first-order valence-electron chi connectivity index (χ1n) is 5.38. The monoisotopic (exact) mass is 184 g/mol. The van der Waals surface area contributed by atoms with E-state index in [2.05, 4.69) is 17.1 Å². The summed E-state index contributed by atoms with van der Waals surface area (Å²) in [7, 11) is 0. The van der Waals surface area contributed by atoms with Crippen molar-refractivity contribution in [1.82, 2.24) is 10.2 Å². The molecule has 13 heavy (non-hydrogen) atoms. The van der Waals surface area contributed by atoms with Crippen LogP contribution in [0.15, 0.2) is 0 Å². The highest BCUT2D eigenvalue weighted by atomic mass is 16.5. The Morgan fingerprint density at radius 3 is 2.77 bits per heavy atom. The summed E-state index contributed by atoms with van der Waals surface area (Å²) >= 11 is 0. The lowest BCUT2D eigenvalue weighted by Gasteiger charge is -2.28. The average Bonchev–Trinajstić information content (AvgIpc) is 2.53. The van der Waals surface area contributed by atoms with E-state index in [1.54, 1.807) is 0 Å². The third-order valence-corrected chi connectivity index (χ3v) is 3.06. The molecule has 2 fully saturated rings. The zero-order chi connectivity index (χ0) is 9.10. The normalized spacial score (nSPS) is 36.7. The van der Waals surface area contributed by atoms with Crippen molar-refractivity contribution in [3.05, 3.63) is 0 Å². The molecule has 0 aromatic heterocycles. The molecule has 2 aliphatic rings. The topological polar surface area (TPSA) is 24.5 Å². The summed E-state index contributed by atoms with van der Waals surface area (Å²) in [4.78, 5) is 2.54. The summed E-state index contributed by atoms with van der Waals surface area (Å²) in [6.07, 6.45) is 1.34. The van der Waals surface area contributed by atoms with E-state index in [0.717, 1.165) is 38.3 Å². The summed E-state index contributed by atoms with van der Waals surface area (Å²) in [5.74, 6) is 0.869. The number of hydrogen-bond donors (Lipinski definition) is 1. The number of nitrogens with one attached hydrogen (secondary N) is 1. The maximum absolute atomic E-state index is 5.33. The van der Waals surface area contributed by atoms with Crippen molar-refractivity contribution in [3.63, 3.8) is 0 Å². The summed E-state index contributed by atoms with van der Waals surface area (Å²) in [6.45, 7) is 8.86. The minimum absolute atomic E-state index is 0.728. The van der Waals surface area contributed by atoms with Crippen LogP contribution in [0.25, 0.3) is 0 Å². The number of rotatable bonds is 2. The second-order valence-electron chi connectivity index (χ2n) is 4.32. The molecule has 2 atom stereocenters. The maximum Gasteiger partial charge on any atom is 0.0594 e. The minimum Gasteiger partial charge on any atom is -0.379 e. The van der Waals surface area contributed by atoms with Crippen LogP contribution in [0, 0.1) is 5.92 Å². The molecule has 2 saturated heterocycles. The van der Waals surface area contributed by atoms with Gasteiger partial charge in [-0.05, 0) is 25.8 Å². The molecule has 76 valence electrons. The molecule has 0 bridgehead atoms. The first-order valence-corrected chi connectivity index (χ1v) is 5.38. The van der Waals surface area contributed by atoms with Gasteiger partial charge in [-0.15, -0.1) is 0 Å². The lowest BCUT2D eigenvalue weighted by atomic mass is 10.1. The van der Waals surface area contributed by atoms with Gasteiger partial charge in [-0.1, -0.05) is 0 Å². The van der Waals surface area contributed by atoms with Crippen LogP contribution in [-0.2, 0) is 4.74 Å². The van der Waals surface area contributed by atoms with E-state index in [9.17, 15) is 0 Å². The summed E-state index contributed by atoms with van der Waals surface area (Å²) in [5.41, 5.74) is 0. The quantitative estimate of drug-likeness (QED) is 0.669. The fraction of sp³-hybridized carbons (Fsp3) is 1.00. The highest BCUT2D eigenvalue weighted by Crippen LogP contribution is 2.15. The Morgan fingerprint density at radius 2 is 2.15 bits per heavy atom. The van der Waals surface area contributed by atoms with Gasteiger partial charge in [-0.25, -0.2) is 0 Å². The van der Waals surface area contributed by atoms with Gasteiger partial charge in [0, 0.05) is 25.7 Å². The van der Waals surface area contributed by atoms with Crippen LogP contribution < -0.4 is 5.32 Å². The lowest BCUT2D eigenvalue weighted by molar-refractivity contribution is 0.0317. The van der Waals surface area contributed by atoms with Gasteiger partial charge in [0.25, 0.3) is 0 Å². The number of hydrogen-bond acceptors (Lipinski definition) is 3. The molecule has 0 amide bonds. The smallest absolute Gasteiger partial charge is 0.0594 e. The Balaban J connectivity index is 1.71. The van der Waals surface area contributed by atoms with Crippen LogP contribution in [0.4, 0.5) is 0 Å². The first kappa shape index (κ1) is 9.44. The lowest BCUT2D eigenvalue weighted by Crippen LogP contribution is -2.39. The Morgan fingerprint density at radius 1 is 1.38 bits per heavy atom. The van der Waals surface area contributed by atoms with E-state index < -0.39 is 0 Å². The second-order valence-corrected chi connectivity index (χ2v) is 4.32. The van der Waals surface area contributed by atoms with Crippen molar-refractivity contribution in [2.45, 2.75) is 19.4 Å². The predicted molar refractivity (Wildman–Crippen MR) is 52.8 cm³/mol. The average molecular weight is 184 g/mol. The van der Waals surface area contributed by atoms with Crippen LogP contribution in [0.1, 0.15) is 13.3 Å². The van der Waals surface area contributed by atoms with E-state index in [-0.39, 0.29) is 0 Å². The van der Waals surface area contributed by atoms with Crippen molar-refractivity contribution in [3.8, 4) is 0 Å². The van der Waals surface area contributed by atoms with Crippen molar-refractivity contribution in [2.24, 2.45) is 5.92 Å². The first-order chi connectivity index (χ1) is 6.34. The molecule has 0 saturated carbocycles. The van der Waals surface area contributed by atoms with Gasteiger partial charge < -0.3 is 10.1 Å². The third kappa shape index (κ3) is 2.66. The molecule has 0 aromatic rings. The molecule has 2 heterocycles. The fourth-order valence-corrected chi connectivity index (χ4v) is 2.32. The van der Waals surface area contributed by atoms with Crippen LogP contribution in [0.3, 0.4) is 0 Å². The maximum atomic E-state index is 5.33. The summed E-state index contributed by atoms with van der Waals surface area (Å²) in [5, 5.41) is 3.50.